The van der Waals surface area contributed by atoms with Gasteiger partial charge < -0.3 is 15.3 Å². The van der Waals surface area contributed by atoms with Gasteiger partial charge in [-0.05, 0) is 51.2 Å². The van der Waals surface area contributed by atoms with Gasteiger partial charge >= 0.3 is 0 Å². The van der Waals surface area contributed by atoms with Gasteiger partial charge in [0.2, 0.25) is 5.91 Å². The molecule has 1 aromatic carbocycles. The molecule has 3 rings (SSSR count). The molecular formula is C19H26N2O3. The predicted molar refractivity (Wildman–Crippen MR) is 91.6 cm³/mol. The zero-order chi connectivity index (χ0) is 17.2. The second kappa shape index (κ2) is 6.93. The van der Waals surface area contributed by atoms with Gasteiger partial charge in [-0.25, -0.2) is 0 Å². The van der Waals surface area contributed by atoms with E-state index in [1.165, 1.54) is 0 Å². The number of carbonyl (C=O) groups excluding carboxylic acids is 2. The molecule has 2 fully saturated rings. The van der Waals surface area contributed by atoms with E-state index in [1.54, 1.807) is 4.90 Å². The van der Waals surface area contributed by atoms with Crippen LogP contribution in [0.4, 0.5) is 0 Å². The highest BCUT2D eigenvalue weighted by Gasteiger charge is 2.36. The predicted octanol–water partition coefficient (Wildman–Crippen LogP) is 1.88. The van der Waals surface area contributed by atoms with Gasteiger partial charge in [-0.15, -0.1) is 0 Å². The summed E-state index contributed by atoms with van der Waals surface area (Å²) in [5.41, 5.74) is 1.09. The first-order chi connectivity index (χ1) is 11.5. The first-order valence-corrected chi connectivity index (χ1v) is 8.83. The van der Waals surface area contributed by atoms with Crippen LogP contribution in [0, 0.1) is 12.8 Å². The maximum absolute atomic E-state index is 12.6. The summed E-state index contributed by atoms with van der Waals surface area (Å²) >= 11 is 0. The van der Waals surface area contributed by atoms with Crippen molar-refractivity contribution in [3.63, 3.8) is 0 Å². The lowest BCUT2D eigenvalue weighted by Gasteiger charge is -2.37. The summed E-state index contributed by atoms with van der Waals surface area (Å²) in [5, 5.41) is 13.0. The molecule has 5 heteroatoms. The summed E-state index contributed by atoms with van der Waals surface area (Å²) < 4.78 is 0. The fraction of sp³-hybridized carbons (Fsp3) is 0.579. The molecule has 1 aliphatic carbocycles. The highest BCUT2D eigenvalue weighted by molar-refractivity contribution is 5.94. The van der Waals surface area contributed by atoms with Gasteiger partial charge in [0.25, 0.3) is 5.91 Å². The molecule has 2 aliphatic rings. The summed E-state index contributed by atoms with van der Waals surface area (Å²) in [4.78, 5) is 26.8. The third-order valence-electron chi connectivity index (χ3n) is 5.25. The molecule has 2 amide bonds. The van der Waals surface area contributed by atoms with Gasteiger partial charge in [0.1, 0.15) is 0 Å². The van der Waals surface area contributed by atoms with Crippen LogP contribution in [0.25, 0.3) is 0 Å². The van der Waals surface area contributed by atoms with Gasteiger partial charge in [0.15, 0.2) is 0 Å². The Balaban J connectivity index is 1.56. The molecule has 5 nitrogen and oxygen atoms in total. The molecule has 1 aromatic rings. The minimum atomic E-state index is -0.707. The Labute approximate surface area is 143 Å². The average Bonchev–Trinajstić information content (AvgIpc) is 2.58. The monoisotopic (exact) mass is 330 g/mol. The molecular weight excluding hydrogens is 304 g/mol. The highest BCUT2D eigenvalue weighted by Crippen LogP contribution is 2.30. The maximum Gasteiger partial charge on any atom is 0.253 e. The van der Waals surface area contributed by atoms with Crippen molar-refractivity contribution in [1.29, 1.82) is 0 Å². The topological polar surface area (TPSA) is 69.6 Å². The quantitative estimate of drug-likeness (QED) is 0.885. The van der Waals surface area contributed by atoms with Crippen molar-refractivity contribution in [2.75, 3.05) is 19.6 Å². The van der Waals surface area contributed by atoms with E-state index < -0.39 is 5.60 Å². The summed E-state index contributed by atoms with van der Waals surface area (Å²) in [6.07, 6.45) is 4.17. The Morgan fingerprint density at radius 2 is 1.96 bits per heavy atom. The van der Waals surface area contributed by atoms with Crippen LogP contribution in [0.3, 0.4) is 0 Å². The van der Waals surface area contributed by atoms with Crippen molar-refractivity contribution in [3.05, 3.63) is 35.4 Å². The maximum atomic E-state index is 12.6. The molecule has 0 radical (unpaired) electrons. The van der Waals surface area contributed by atoms with Crippen molar-refractivity contribution in [3.8, 4) is 0 Å². The third-order valence-corrected chi connectivity index (χ3v) is 5.25. The lowest BCUT2D eigenvalue weighted by Crippen LogP contribution is -2.51. The van der Waals surface area contributed by atoms with Crippen LogP contribution in [-0.2, 0) is 4.79 Å². The molecule has 130 valence electrons. The number of aliphatic hydroxyl groups is 1. The molecule has 1 saturated heterocycles. The van der Waals surface area contributed by atoms with E-state index >= 15 is 0 Å². The van der Waals surface area contributed by atoms with E-state index in [1.807, 2.05) is 31.2 Å². The SMILES string of the molecule is Cc1ccc(C(=O)N2CCCC(C(=O)NCC3(O)CCC3)C2)cc1. The minimum Gasteiger partial charge on any atom is -0.388 e. The number of aryl methyl sites for hydroxylation is 1. The number of carbonyl (C=O) groups is 2. The fourth-order valence-corrected chi connectivity index (χ4v) is 3.41. The van der Waals surface area contributed by atoms with Gasteiger partial charge in [-0.2, -0.15) is 0 Å². The first-order valence-electron chi connectivity index (χ1n) is 8.83. The van der Waals surface area contributed by atoms with Crippen LogP contribution >= 0.6 is 0 Å². The molecule has 24 heavy (non-hydrogen) atoms. The van der Waals surface area contributed by atoms with Crippen molar-refractivity contribution in [2.24, 2.45) is 5.92 Å². The average molecular weight is 330 g/mol. The Hall–Kier alpha value is -1.88. The number of piperidine rings is 1. The molecule has 1 unspecified atom stereocenters. The zero-order valence-electron chi connectivity index (χ0n) is 14.3. The van der Waals surface area contributed by atoms with Crippen LogP contribution in [0.2, 0.25) is 0 Å². The van der Waals surface area contributed by atoms with Gasteiger partial charge in [0, 0.05) is 25.2 Å². The summed E-state index contributed by atoms with van der Waals surface area (Å²) in [5.74, 6) is -0.237. The van der Waals surface area contributed by atoms with Crippen LogP contribution < -0.4 is 5.32 Å². The van der Waals surface area contributed by atoms with Crippen molar-refractivity contribution < 1.29 is 14.7 Å². The van der Waals surface area contributed by atoms with E-state index in [-0.39, 0.29) is 17.7 Å². The number of rotatable bonds is 4. The number of nitrogens with zero attached hydrogens (tertiary/aromatic N) is 1. The summed E-state index contributed by atoms with van der Waals surface area (Å²) in [6, 6.07) is 7.54. The number of likely N-dealkylation sites (tertiary alicyclic amines) is 1. The van der Waals surface area contributed by atoms with Gasteiger partial charge in [-0.1, -0.05) is 17.7 Å². The molecule has 1 aliphatic heterocycles. The smallest absolute Gasteiger partial charge is 0.253 e. The van der Waals surface area contributed by atoms with Crippen LogP contribution in [0.1, 0.15) is 48.0 Å². The van der Waals surface area contributed by atoms with Crippen LogP contribution in [-0.4, -0.2) is 47.1 Å². The van der Waals surface area contributed by atoms with Crippen LogP contribution in [0.15, 0.2) is 24.3 Å². The largest absolute Gasteiger partial charge is 0.388 e. The Bertz CT molecular complexity index is 608. The molecule has 1 atom stereocenters. The number of nitrogens with one attached hydrogen (secondary N) is 1. The first kappa shape index (κ1) is 17.0. The highest BCUT2D eigenvalue weighted by atomic mass is 16.3. The third kappa shape index (κ3) is 3.78. The van der Waals surface area contributed by atoms with Crippen molar-refractivity contribution >= 4 is 11.8 Å². The zero-order valence-corrected chi connectivity index (χ0v) is 14.3. The molecule has 0 spiro atoms. The molecule has 1 saturated carbocycles. The van der Waals surface area contributed by atoms with E-state index in [2.05, 4.69) is 5.32 Å². The fourth-order valence-electron chi connectivity index (χ4n) is 3.41. The standard InChI is InChI=1S/C19H26N2O3/c1-14-5-7-15(8-6-14)18(23)21-11-2-4-16(12-21)17(22)20-13-19(24)9-3-10-19/h5-8,16,24H,2-4,9-13H2,1H3,(H,20,22). The lowest BCUT2D eigenvalue weighted by molar-refractivity contribution is -0.128. The van der Waals surface area contributed by atoms with E-state index in [0.29, 0.717) is 25.2 Å². The van der Waals surface area contributed by atoms with E-state index in [0.717, 1.165) is 37.7 Å². The summed E-state index contributed by atoms with van der Waals surface area (Å²) in [6.45, 7) is 3.47. The number of hydrogen-bond donors (Lipinski definition) is 2. The minimum absolute atomic E-state index is 0.00915. The number of benzene rings is 1. The van der Waals surface area contributed by atoms with Crippen molar-refractivity contribution in [2.45, 2.75) is 44.6 Å². The molecule has 0 bridgehead atoms. The lowest BCUT2D eigenvalue weighted by atomic mass is 9.80. The molecule has 1 heterocycles. The van der Waals surface area contributed by atoms with Gasteiger partial charge in [-0.3, -0.25) is 9.59 Å². The molecule has 0 aromatic heterocycles. The Morgan fingerprint density at radius 3 is 2.58 bits per heavy atom. The Kier molecular flexibility index (Phi) is 4.90. The second-order valence-electron chi connectivity index (χ2n) is 7.25. The Morgan fingerprint density at radius 1 is 1.25 bits per heavy atom. The summed E-state index contributed by atoms with van der Waals surface area (Å²) in [7, 11) is 0. The van der Waals surface area contributed by atoms with E-state index in [4.69, 9.17) is 0 Å². The van der Waals surface area contributed by atoms with Crippen molar-refractivity contribution in [1.82, 2.24) is 10.2 Å². The second-order valence-corrected chi connectivity index (χ2v) is 7.25. The molecule has 2 N–H and O–H groups in total. The van der Waals surface area contributed by atoms with Crippen LogP contribution in [0.5, 0.6) is 0 Å². The number of hydrogen-bond acceptors (Lipinski definition) is 3. The van der Waals surface area contributed by atoms with Gasteiger partial charge in [0.05, 0.1) is 11.5 Å². The number of amides is 2. The van der Waals surface area contributed by atoms with E-state index in [9.17, 15) is 14.7 Å². The normalized spacial score (nSPS) is 22.6.